The Bertz CT molecular complexity index is 1010. The summed E-state index contributed by atoms with van der Waals surface area (Å²) in [6.07, 6.45) is 2.71. The van der Waals surface area contributed by atoms with Crippen molar-refractivity contribution in [2.24, 2.45) is 0 Å². The predicted molar refractivity (Wildman–Crippen MR) is 110 cm³/mol. The number of rotatable bonds is 7. The van der Waals surface area contributed by atoms with Crippen LogP contribution in [0.2, 0.25) is 0 Å². The van der Waals surface area contributed by atoms with E-state index in [0.29, 0.717) is 17.9 Å². The highest BCUT2D eigenvalue weighted by Crippen LogP contribution is 2.35. The molecule has 1 aliphatic heterocycles. The SMILES string of the molecule is O=[N+]([O-])c1ccccc1-c1ccc(CN2CCN(Cc3nccn3C(F)F)CC2)s1. The zero-order valence-electron chi connectivity index (χ0n) is 16.2. The first-order chi connectivity index (χ1) is 14.5. The van der Waals surface area contributed by atoms with Gasteiger partial charge in [0.1, 0.15) is 5.82 Å². The lowest BCUT2D eigenvalue weighted by atomic mass is 10.1. The third kappa shape index (κ3) is 4.55. The molecule has 1 aliphatic rings. The zero-order valence-corrected chi connectivity index (χ0v) is 17.0. The number of piperazine rings is 1. The van der Waals surface area contributed by atoms with E-state index >= 15 is 0 Å². The highest BCUT2D eigenvalue weighted by molar-refractivity contribution is 7.15. The number of thiophene rings is 1. The van der Waals surface area contributed by atoms with Crippen molar-refractivity contribution in [1.29, 1.82) is 0 Å². The third-order valence-electron chi connectivity index (χ3n) is 5.20. The molecule has 4 rings (SSSR count). The molecule has 0 unspecified atom stereocenters. The minimum Gasteiger partial charge on any atom is -0.296 e. The molecule has 0 N–H and O–H groups in total. The van der Waals surface area contributed by atoms with Crippen LogP contribution in [0.4, 0.5) is 14.5 Å². The van der Waals surface area contributed by atoms with Gasteiger partial charge in [0.25, 0.3) is 5.69 Å². The van der Waals surface area contributed by atoms with Crippen molar-refractivity contribution < 1.29 is 13.7 Å². The molecule has 0 atom stereocenters. The molecular weight excluding hydrogens is 412 g/mol. The second-order valence-corrected chi connectivity index (χ2v) is 8.29. The number of benzene rings is 1. The van der Waals surface area contributed by atoms with Gasteiger partial charge in [0.05, 0.1) is 17.0 Å². The molecule has 1 aromatic carbocycles. The highest BCUT2D eigenvalue weighted by Gasteiger charge is 2.21. The maximum Gasteiger partial charge on any atom is 0.319 e. The molecule has 0 amide bonds. The Morgan fingerprint density at radius 2 is 1.77 bits per heavy atom. The average molecular weight is 433 g/mol. The lowest BCUT2D eigenvalue weighted by Crippen LogP contribution is -2.45. The fourth-order valence-electron chi connectivity index (χ4n) is 3.62. The summed E-state index contributed by atoms with van der Waals surface area (Å²) in [5.41, 5.74) is 0.750. The molecule has 7 nitrogen and oxygen atoms in total. The van der Waals surface area contributed by atoms with Gasteiger partial charge in [-0.25, -0.2) is 4.98 Å². The fourth-order valence-corrected chi connectivity index (χ4v) is 4.70. The maximum atomic E-state index is 13.0. The van der Waals surface area contributed by atoms with Gasteiger partial charge in [-0.1, -0.05) is 12.1 Å². The molecule has 158 valence electrons. The molecule has 2 aromatic heterocycles. The van der Waals surface area contributed by atoms with Crippen molar-refractivity contribution in [1.82, 2.24) is 19.4 Å². The van der Waals surface area contributed by atoms with Crippen molar-refractivity contribution in [3.63, 3.8) is 0 Å². The topological polar surface area (TPSA) is 67.4 Å². The second-order valence-electron chi connectivity index (χ2n) is 7.12. The molecule has 3 heterocycles. The molecule has 0 aliphatic carbocycles. The van der Waals surface area contributed by atoms with E-state index in [1.807, 2.05) is 12.1 Å². The third-order valence-corrected chi connectivity index (χ3v) is 6.30. The average Bonchev–Trinajstić information content (AvgIpc) is 3.39. The number of nitrogens with zero attached hydrogens (tertiary/aromatic N) is 5. The Labute approximate surface area is 176 Å². The smallest absolute Gasteiger partial charge is 0.296 e. The van der Waals surface area contributed by atoms with Crippen molar-refractivity contribution in [3.05, 3.63) is 69.6 Å². The Kier molecular flexibility index (Phi) is 6.16. The van der Waals surface area contributed by atoms with Crippen LogP contribution in [0.25, 0.3) is 10.4 Å². The summed E-state index contributed by atoms with van der Waals surface area (Å²) in [6.45, 7) is 1.81. The number of nitro benzene ring substituents is 1. The van der Waals surface area contributed by atoms with Crippen molar-refractivity contribution in [2.75, 3.05) is 26.2 Å². The zero-order chi connectivity index (χ0) is 21.1. The summed E-state index contributed by atoms with van der Waals surface area (Å²) < 4.78 is 26.9. The van der Waals surface area contributed by atoms with Crippen LogP contribution in [0.5, 0.6) is 0 Å². The van der Waals surface area contributed by atoms with E-state index < -0.39 is 6.55 Å². The van der Waals surface area contributed by atoms with Crippen LogP contribution in [0, 0.1) is 10.1 Å². The lowest BCUT2D eigenvalue weighted by molar-refractivity contribution is -0.384. The van der Waals surface area contributed by atoms with Crippen LogP contribution >= 0.6 is 11.3 Å². The van der Waals surface area contributed by atoms with E-state index in [0.717, 1.165) is 47.0 Å². The van der Waals surface area contributed by atoms with Crippen LogP contribution in [-0.4, -0.2) is 50.5 Å². The molecule has 10 heteroatoms. The second kappa shape index (κ2) is 8.99. The largest absolute Gasteiger partial charge is 0.319 e. The number of halogens is 2. The van der Waals surface area contributed by atoms with Gasteiger partial charge in [-0.2, -0.15) is 8.78 Å². The molecule has 1 fully saturated rings. The summed E-state index contributed by atoms with van der Waals surface area (Å²) in [6, 6.07) is 10.7. The summed E-state index contributed by atoms with van der Waals surface area (Å²) in [5, 5.41) is 11.3. The van der Waals surface area contributed by atoms with Gasteiger partial charge in [-0.3, -0.25) is 24.5 Å². The maximum absolute atomic E-state index is 13.0. The summed E-state index contributed by atoms with van der Waals surface area (Å²) in [5.74, 6) is 0.380. The standard InChI is InChI=1S/C20H21F2N5O2S/c21-20(22)26-8-7-23-19(26)14-25-11-9-24(10-12-25)13-15-5-6-18(30-15)16-3-1-2-4-17(16)27(28)29/h1-8,20H,9-14H2. The first-order valence-corrected chi connectivity index (χ1v) is 10.4. The minimum absolute atomic E-state index is 0.113. The monoisotopic (exact) mass is 433 g/mol. The van der Waals surface area contributed by atoms with Gasteiger partial charge in [0.2, 0.25) is 0 Å². The van der Waals surface area contributed by atoms with Gasteiger partial charge in [-0.05, 0) is 18.2 Å². The number of hydrogen-bond donors (Lipinski definition) is 0. The van der Waals surface area contributed by atoms with E-state index in [1.54, 1.807) is 29.5 Å². The highest BCUT2D eigenvalue weighted by atomic mass is 32.1. The molecule has 3 aromatic rings. The van der Waals surface area contributed by atoms with Crippen LogP contribution in [0.3, 0.4) is 0 Å². The van der Waals surface area contributed by atoms with Crippen LogP contribution in [-0.2, 0) is 13.1 Å². The number of alkyl halides is 2. The quantitative estimate of drug-likeness (QED) is 0.412. The van der Waals surface area contributed by atoms with E-state index in [9.17, 15) is 18.9 Å². The normalized spacial score (nSPS) is 15.7. The molecule has 1 saturated heterocycles. The molecule has 0 radical (unpaired) electrons. The number of imidazole rings is 1. The van der Waals surface area contributed by atoms with Crippen molar-refractivity contribution in [3.8, 4) is 10.4 Å². The van der Waals surface area contributed by atoms with Gasteiger partial charge in [-0.15, -0.1) is 11.3 Å². The number of nitro groups is 1. The molecule has 30 heavy (non-hydrogen) atoms. The van der Waals surface area contributed by atoms with Gasteiger partial charge >= 0.3 is 6.55 Å². The Hall–Kier alpha value is -2.69. The number of hydrogen-bond acceptors (Lipinski definition) is 6. The Balaban J connectivity index is 1.34. The van der Waals surface area contributed by atoms with E-state index in [2.05, 4.69) is 14.8 Å². The first kappa shape index (κ1) is 20.6. The number of para-hydroxylation sites is 1. The summed E-state index contributed by atoms with van der Waals surface area (Å²) >= 11 is 1.56. The number of aromatic nitrogens is 2. The molecule has 0 spiro atoms. The van der Waals surface area contributed by atoms with Crippen molar-refractivity contribution in [2.45, 2.75) is 19.6 Å². The van der Waals surface area contributed by atoms with E-state index in [4.69, 9.17) is 0 Å². The van der Waals surface area contributed by atoms with Crippen LogP contribution in [0.15, 0.2) is 48.8 Å². The van der Waals surface area contributed by atoms with Gasteiger partial charge in [0, 0.05) is 60.9 Å². The predicted octanol–water partition coefficient (Wildman–Crippen LogP) is 4.23. The molecular formula is C20H21F2N5O2S. The first-order valence-electron chi connectivity index (χ1n) is 9.58. The minimum atomic E-state index is -2.57. The van der Waals surface area contributed by atoms with Gasteiger partial charge < -0.3 is 0 Å². The lowest BCUT2D eigenvalue weighted by Gasteiger charge is -2.34. The van der Waals surface area contributed by atoms with Gasteiger partial charge in [0.15, 0.2) is 0 Å². The Morgan fingerprint density at radius 1 is 1.07 bits per heavy atom. The molecule has 0 saturated carbocycles. The van der Waals surface area contributed by atoms with Crippen LogP contribution in [0.1, 0.15) is 17.3 Å². The van der Waals surface area contributed by atoms with Crippen molar-refractivity contribution >= 4 is 17.0 Å². The summed E-state index contributed by atoms with van der Waals surface area (Å²) in [4.78, 5) is 21.4. The fraction of sp³-hybridized carbons (Fsp3) is 0.350. The molecule has 0 bridgehead atoms. The van der Waals surface area contributed by atoms with Crippen LogP contribution < -0.4 is 0 Å². The Morgan fingerprint density at radius 3 is 2.47 bits per heavy atom. The van der Waals surface area contributed by atoms with E-state index in [-0.39, 0.29) is 10.6 Å². The van der Waals surface area contributed by atoms with E-state index in [1.165, 1.54) is 18.5 Å². The summed E-state index contributed by atoms with van der Waals surface area (Å²) in [7, 11) is 0.